The zero-order valence-electron chi connectivity index (χ0n) is 10.3. The molecule has 1 rings (SSSR count). The maximum Gasteiger partial charge on any atom is 0.251 e. The van der Waals surface area contributed by atoms with Gasteiger partial charge >= 0.3 is 0 Å². The molecule has 16 heavy (non-hydrogen) atoms. The number of benzene rings is 1. The van der Waals surface area contributed by atoms with E-state index in [0.717, 1.165) is 24.3 Å². The van der Waals surface area contributed by atoms with E-state index in [0.29, 0.717) is 6.54 Å². The summed E-state index contributed by atoms with van der Waals surface area (Å²) in [6.45, 7) is 8.80. The first-order valence-corrected chi connectivity index (χ1v) is 5.86. The monoisotopic (exact) mass is 220 g/mol. The van der Waals surface area contributed by atoms with Gasteiger partial charge in [-0.3, -0.25) is 4.79 Å². The van der Waals surface area contributed by atoms with Crippen LogP contribution >= 0.6 is 0 Å². The first-order valence-electron chi connectivity index (χ1n) is 5.86. The standard InChI is InChI=1S/C13H20N2O/c1-4-14-13(16)11-7-9-12(10-8-11)15(5-2)6-3/h7-10H,4-6H2,1-3H3,(H,14,16). The normalized spacial score (nSPS) is 9.94. The lowest BCUT2D eigenvalue weighted by atomic mass is 10.2. The van der Waals surface area contributed by atoms with Crippen molar-refractivity contribution in [3.8, 4) is 0 Å². The van der Waals surface area contributed by atoms with Crippen LogP contribution in [-0.2, 0) is 0 Å². The highest BCUT2D eigenvalue weighted by Crippen LogP contribution is 2.14. The molecule has 3 nitrogen and oxygen atoms in total. The second kappa shape index (κ2) is 6.16. The average Bonchev–Trinajstić information content (AvgIpc) is 2.32. The van der Waals surface area contributed by atoms with E-state index < -0.39 is 0 Å². The van der Waals surface area contributed by atoms with Gasteiger partial charge in [-0.2, -0.15) is 0 Å². The Morgan fingerprint density at radius 3 is 2.12 bits per heavy atom. The predicted molar refractivity (Wildman–Crippen MR) is 68.0 cm³/mol. The van der Waals surface area contributed by atoms with Gasteiger partial charge in [-0.25, -0.2) is 0 Å². The van der Waals surface area contributed by atoms with Gasteiger partial charge in [0.1, 0.15) is 0 Å². The van der Waals surface area contributed by atoms with Gasteiger partial charge < -0.3 is 10.2 Å². The summed E-state index contributed by atoms with van der Waals surface area (Å²) >= 11 is 0. The van der Waals surface area contributed by atoms with E-state index in [4.69, 9.17) is 0 Å². The fourth-order valence-corrected chi connectivity index (χ4v) is 1.67. The Morgan fingerprint density at radius 2 is 1.69 bits per heavy atom. The molecule has 0 aromatic heterocycles. The maximum absolute atomic E-state index is 11.5. The van der Waals surface area contributed by atoms with Crippen LogP contribution in [0.2, 0.25) is 0 Å². The van der Waals surface area contributed by atoms with Crippen LogP contribution in [0.4, 0.5) is 5.69 Å². The molecule has 1 amide bonds. The second-order valence-corrected chi connectivity index (χ2v) is 3.58. The van der Waals surface area contributed by atoms with Crippen LogP contribution in [-0.4, -0.2) is 25.5 Å². The van der Waals surface area contributed by atoms with Crippen LogP contribution in [0, 0.1) is 0 Å². The van der Waals surface area contributed by atoms with Crippen LogP contribution in [0.1, 0.15) is 31.1 Å². The van der Waals surface area contributed by atoms with Crippen molar-refractivity contribution in [1.29, 1.82) is 0 Å². The molecule has 3 heteroatoms. The third-order valence-corrected chi connectivity index (χ3v) is 2.60. The van der Waals surface area contributed by atoms with Crippen molar-refractivity contribution >= 4 is 11.6 Å². The molecule has 0 heterocycles. The minimum atomic E-state index is -0.00593. The average molecular weight is 220 g/mol. The Labute approximate surface area is 97.5 Å². The number of carbonyl (C=O) groups excluding carboxylic acids is 1. The summed E-state index contributed by atoms with van der Waals surface area (Å²) in [5.74, 6) is -0.00593. The Morgan fingerprint density at radius 1 is 1.12 bits per heavy atom. The lowest BCUT2D eigenvalue weighted by molar-refractivity contribution is 0.0956. The van der Waals surface area contributed by atoms with Gasteiger partial charge in [0.2, 0.25) is 0 Å². The number of anilines is 1. The molecule has 1 aromatic carbocycles. The van der Waals surface area contributed by atoms with Crippen molar-refractivity contribution in [1.82, 2.24) is 5.32 Å². The molecular weight excluding hydrogens is 200 g/mol. The third kappa shape index (κ3) is 2.99. The number of rotatable bonds is 5. The molecule has 0 aliphatic carbocycles. The van der Waals surface area contributed by atoms with Crippen molar-refractivity contribution in [2.75, 3.05) is 24.5 Å². The van der Waals surface area contributed by atoms with E-state index >= 15 is 0 Å². The fourth-order valence-electron chi connectivity index (χ4n) is 1.67. The molecule has 0 aliphatic heterocycles. The smallest absolute Gasteiger partial charge is 0.251 e. The Bertz CT molecular complexity index is 328. The van der Waals surface area contributed by atoms with E-state index in [1.807, 2.05) is 31.2 Å². The summed E-state index contributed by atoms with van der Waals surface area (Å²) in [5.41, 5.74) is 1.89. The zero-order valence-corrected chi connectivity index (χ0v) is 10.3. The molecule has 0 spiro atoms. The van der Waals surface area contributed by atoms with Crippen molar-refractivity contribution < 1.29 is 4.79 Å². The summed E-state index contributed by atoms with van der Waals surface area (Å²) in [4.78, 5) is 13.8. The summed E-state index contributed by atoms with van der Waals surface area (Å²) in [6, 6.07) is 7.74. The lowest BCUT2D eigenvalue weighted by Crippen LogP contribution is -2.24. The van der Waals surface area contributed by atoms with Gasteiger partial charge in [-0.1, -0.05) is 0 Å². The number of nitrogens with one attached hydrogen (secondary N) is 1. The SMILES string of the molecule is CCNC(=O)c1ccc(N(CC)CC)cc1. The van der Waals surface area contributed by atoms with E-state index in [-0.39, 0.29) is 5.91 Å². The minimum Gasteiger partial charge on any atom is -0.372 e. The number of carbonyl (C=O) groups is 1. The lowest BCUT2D eigenvalue weighted by Gasteiger charge is -2.20. The molecule has 0 radical (unpaired) electrons. The molecule has 1 aromatic rings. The molecule has 0 bridgehead atoms. The number of hydrogen-bond acceptors (Lipinski definition) is 2. The molecule has 0 fully saturated rings. The molecule has 0 saturated carbocycles. The Hall–Kier alpha value is -1.51. The van der Waals surface area contributed by atoms with Gasteiger partial charge in [0.25, 0.3) is 5.91 Å². The first kappa shape index (κ1) is 12.6. The predicted octanol–water partition coefficient (Wildman–Crippen LogP) is 2.28. The van der Waals surface area contributed by atoms with E-state index in [2.05, 4.69) is 24.1 Å². The van der Waals surface area contributed by atoms with Crippen LogP contribution in [0.15, 0.2) is 24.3 Å². The number of nitrogens with zero attached hydrogens (tertiary/aromatic N) is 1. The van der Waals surface area contributed by atoms with Crippen molar-refractivity contribution in [3.63, 3.8) is 0 Å². The minimum absolute atomic E-state index is 0.00593. The van der Waals surface area contributed by atoms with E-state index in [1.165, 1.54) is 0 Å². The summed E-state index contributed by atoms with van der Waals surface area (Å²) < 4.78 is 0. The largest absolute Gasteiger partial charge is 0.372 e. The van der Waals surface area contributed by atoms with E-state index in [9.17, 15) is 4.79 Å². The first-order chi connectivity index (χ1) is 7.72. The van der Waals surface area contributed by atoms with E-state index in [1.54, 1.807) is 0 Å². The van der Waals surface area contributed by atoms with Crippen molar-refractivity contribution in [2.45, 2.75) is 20.8 Å². The molecule has 0 aliphatic rings. The summed E-state index contributed by atoms with van der Waals surface area (Å²) in [5, 5.41) is 2.79. The number of amides is 1. The van der Waals surface area contributed by atoms with Crippen LogP contribution in [0.25, 0.3) is 0 Å². The highest BCUT2D eigenvalue weighted by molar-refractivity contribution is 5.94. The topological polar surface area (TPSA) is 32.3 Å². The molecule has 88 valence electrons. The van der Waals surface area contributed by atoms with Crippen molar-refractivity contribution in [3.05, 3.63) is 29.8 Å². The van der Waals surface area contributed by atoms with Gasteiger partial charge in [-0.05, 0) is 45.0 Å². The van der Waals surface area contributed by atoms with Gasteiger partial charge in [0, 0.05) is 30.9 Å². The highest BCUT2D eigenvalue weighted by Gasteiger charge is 2.05. The molecule has 1 N–H and O–H groups in total. The van der Waals surface area contributed by atoms with Gasteiger partial charge in [0.05, 0.1) is 0 Å². The molecule has 0 atom stereocenters. The number of hydrogen-bond donors (Lipinski definition) is 1. The third-order valence-electron chi connectivity index (χ3n) is 2.60. The fraction of sp³-hybridized carbons (Fsp3) is 0.462. The molecule has 0 unspecified atom stereocenters. The molecule has 0 saturated heterocycles. The summed E-state index contributed by atoms with van der Waals surface area (Å²) in [6.07, 6.45) is 0. The molecular formula is C13H20N2O. The second-order valence-electron chi connectivity index (χ2n) is 3.58. The quantitative estimate of drug-likeness (QED) is 0.825. The van der Waals surface area contributed by atoms with Gasteiger partial charge in [-0.15, -0.1) is 0 Å². The zero-order chi connectivity index (χ0) is 12.0. The van der Waals surface area contributed by atoms with Crippen LogP contribution in [0.5, 0.6) is 0 Å². The van der Waals surface area contributed by atoms with Crippen LogP contribution < -0.4 is 10.2 Å². The summed E-state index contributed by atoms with van der Waals surface area (Å²) in [7, 11) is 0. The van der Waals surface area contributed by atoms with Gasteiger partial charge in [0.15, 0.2) is 0 Å². The Kier molecular flexibility index (Phi) is 4.83. The highest BCUT2D eigenvalue weighted by atomic mass is 16.1. The maximum atomic E-state index is 11.5. The Balaban J connectivity index is 2.78. The van der Waals surface area contributed by atoms with Crippen molar-refractivity contribution in [2.24, 2.45) is 0 Å². The van der Waals surface area contributed by atoms with Crippen LogP contribution in [0.3, 0.4) is 0 Å².